The van der Waals surface area contributed by atoms with E-state index < -0.39 is 7.32 Å². The van der Waals surface area contributed by atoms with Crippen LogP contribution in [0.4, 0.5) is 0 Å². The van der Waals surface area contributed by atoms with E-state index >= 15 is 0 Å². The molecule has 27 heavy (non-hydrogen) atoms. The first kappa shape index (κ1) is 19.6. The molecule has 1 unspecified atom stereocenters. The summed E-state index contributed by atoms with van der Waals surface area (Å²) in [6, 6.07) is 22.8. The molecule has 0 aromatic heterocycles. The Kier molecular flexibility index (Phi) is 6.33. The lowest BCUT2D eigenvalue weighted by atomic mass is 9.97. The Morgan fingerprint density at radius 3 is 2.33 bits per heavy atom. The van der Waals surface area contributed by atoms with E-state index in [-0.39, 0.29) is 9.90 Å². The predicted molar refractivity (Wildman–Crippen MR) is 120 cm³/mol. The van der Waals surface area contributed by atoms with E-state index in [0.717, 1.165) is 34.4 Å². The molecule has 4 rings (SSSR count). The minimum Gasteiger partial charge on any atom is -0.511 e. The van der Waals surface area contributed by atoms with Crippen LogP contribution in [-0.2, 0) is 4.65 Å². The standard InChI is InChI=1S/C22H21BO3.H3P/c1-2-3-13-25-23(24)26-21-10-6-9-16-11-12-19-14-17-7-4-5-8-18(17)15-20(19)22(16)21;/h4-12,14-15,24H,2-3,13H2,1H3;1H3. The van der Waals surface area contributed by atoms with Crippen LogP contribution in [0.1, 0.15) is 19.8 Å². The van der Waals surface area contributed by atoms with Gasteiger partial charge in [-0.3, -0.25) is 0 Å². The largest absolute Gasteiger partial charge is 0.710 e. The second-order valence-electron chi connectivity index (χ2n) is 6.49. The molecule has 0 saturated carbocycles. The second kappa shape index (κ2) is 8.71. The van der Waals surface area contributed by atoms with Gasteiger partial charge < -0.3 is 14.3 Å². The van der Waals surface area contributed by atoms with Gasteiger partial charge in [0.2, 0.25) is 0 Å². The average molecular weight is 378 g/mol. The minimum absolute atomic E-state index is 0. The van der Waals surface area contributed by atoms with Crippen LogP contribution in [-0.4, -0.2) is 19.0 Å². The van der Waals surface area contributed by atoms with Crippen molar-refractivity contribution in [2.75, 3.05) is 6.61 Å². The minimum atomic E-state index is -1.26. The Labute approximate surface area is 163 Å². The van der Waals surface area contributed by atoms with Gasteiger partial charge in [0, 0.05) is 12.0 Å². The van der Waals surface area contributed by atoms with E-state index in [2.05, 4.69) is 49.4 Å². The van der Waals surface area contributed by atoms with Gasteiger partial charge >= 0.3 is 7.32 Å². The van der Waals surface area contributed by atoms with Gasteiger partial charge in [-0.1, -0.05) is 61.9 Å². The molecule has 0 aliphatic heterocycles. The Morgan fingerprint density at radius 2 is 1.56 bits per heavy atom. The van der Waals surface area contributed by atoms with Crippen LogP contribution in [0.3, 0.4) is 0 Å². The van der Waals surface area contributed by atoms with Gasteiger partial charge in [-0.25, -0.2) is 0 Å². The third-order valence-electron chi connectivity index (χ3n) is 4.67. The zero-order valence-corrected chi connectivity index (χ0v) is 16.9. The summed E-state index contributed by atoms with van der Waals surface area (Å²) in [7, 11) is -1.26. The van der Waals surface area contributed by atoms with E-state index in [4.69, 9.17) is 9.31 Å². The first-order valence-electron chi connectivity index (χ1n) is 9.07. The van der Waals surface area contributed by atoms with Crippen LogP contribution in [0.25, 0.3) is 32.3 Å². The molecule has 0 saturated heterocycles. The fourth-order valence-corrected chi connectivity index (χ4v) is 3.34. The number of rotatable bonds is 6. The van der Waals surface area contributed by atoms with Gasteiger partial charge in [0.1, 0.15) is 5.75 Å². The van der Waals surface area contributed by atoms with Crippen molar-refractivity contribution < 1.29 is 14.3 Å². The maximum atomic E-state index is 10.1. The maximum Gasteiger partial charge on any atom is 0.710 e. The first-order chi connectivity index (χ1) is 12.8. The molecule has 0 aliphatic rings. The molecule has 1 N–H and O–H groups in total. The maximum absolute atomic E-state index is 10.1. The summed E-state index contributed by atoms with van der Waals surface area (Å²) in [5, 5.41) is 16.8. The van der Waals surface area contributed by atoms with Gasteiger partial charge in [-0.2, -0.15) is 9.90 Å². The zero-order valence-electron chi connectivity index (χ0n) is 15.5. The van der Waals surface area contributed by atoms with Gasteiger partial charge in [0.05, 0.1) is 0 Å². The van der Waals surface area contributed by atoms with Crippen molar-refractivity contribution in [3.05, 3.63) is 66.7 Å². The normalized spacial score (nSPS) is 10.9. The fourth-order valence-electron chi connectivity index (χ4n) is 3.34. The van der Waals surface area contributed by atoms with E-state index in [1.807, 2.05) is 24.3 Å². The highest BCUT2D eigenvalue weighted by Gasteiger charge is 2.20. The quantitative estimate of drug-likeness (QED) is 0.161. The van der Waals surface area contributed by atoms with Crippen LogP contribution >= 0.6 is 9.90 Å². The van der Waals surface area contributed by atoms with Crippen molar-refractivity contribution in [3.8, 4) is 5.75 Å². The van der Waals surface area contributed by atoms with Crippen LogP contribution in [0.5, 0.6) is 5.75 Å². The average Bonchev–Trinajstić information content (AvgIpc) is 2.66. The number of unbranched alkanes of at least 4 members (excludes halogenated alkanes) is 1. The lowest BCUT2D eigenvalue weighted by molar-refractivity contribution is 0.191. The van der Waals surface area contributed by atoms with E-state index in [9.17, 15) is 5.02 Å². The van der Waals surface area contributed by atoms with Crippen molar-refractivity contribution in [1.82, 2.24) is 0 Å². The summed E-state index contributed by atoms with van der Waals surface area (Å²) < 4.78 is 11.1. The van der Waals surface area contributed by atoms with Gasteiger partial charge in [-0.05, 0) is 51.6 Å². The number of hydrogen-bond acceptors (Lipinski definition) is 3. The molecular weight excluding hydrogens is 354 g/mol. The second-order valence-corrected chi connectivity index (χ2v) is 6.49. The highest BCUT2D eigenvalue weighted by atomic mass is 31.0. The smallest absolute Gasteiger partial charge is 0.511 e. The van der Waals surface area contributed by atoms with E-state index in [1.54, 1.807) is 0 Å². The van der Waals surface area contributed by atoms with Crippen LogP contribution in [0, 0.1) is 0 Å². The van der Waals surface area contributed by atoms with E-state index in [0.29, 0.717) is 12.4 Å². The number of hydrogen-bond donors (Lipinski definition) is 1. The molecule has 1 atom stereocenters. The summed E-state index contributed by atoms with van der Waals surface area (Å²) in [5.74, 6) is 0.632. The summed E-state index contributed by atoms with van der Waals surface area (Å²) in [4.78, 5) is 0. The predicted octanol–water partition coefficient (Wildman–Crippen LogP) is 5.38. The third-order valence-corrected chi connectivity index (χ3v) is 4.67. The molecule has 0 radical (unpaired) electrons. The molecule has 3 nitrogen and oxygen atoms in total. The molecule has 4 aromatic carbocycles. The Bertz CT molecular complexity index is 1070. The molecule has 0 amide bonds. The molecule has 0 spiro atoms. The lowest BCUT2D eigenvalue weighted by Crippen LogP contribution is -2.26. The summed E-state index contributed by atoms with van der Waals surface area (Å²) >= 11 is 0. The Hall–Kier alpha value is -2.13. The summed E-state index contributed by atoms with van der Waals surface area (Å²) in [6.07, 6.45) is 1.91. The first-order valence-corrected chi connectivity index (χ1v) is 9.07. The lowest BCUT2D eigenvalue weighted by Gasteiger charge is -2.14. The monoisotopic (exact) mass is 378 g/mol. The van der Waals surface area contributed by atoms with Crippen molar-refractivity contribution in [2.45, 2.75) is 19.8 Å². The summed E-state index contributed by atoms with van der Waals surface area (Å²) in [6.45, 7) is 2.56. The Morgan fingerprint density at radius 1 is 0.852 bits per heavy atom. The molecule has 0 bridgehead atoms. The highest BCUT2D eigenvalue weighted by Crippen LogP contribution is 2.35. The molecule has 4 aromatic rings. The van der Waals surface area contributed by atoms with Gasteiger partial charge in [0.25, 0.3) is 0 Å². The van der Waals surface area contributed by atoms with Crippen molar-refractivity contribution in [2.24, 2.45) is 0 Å². The fraction of sp³-hybridized carbons (Fsp3) is 0.182. The number of benzene rings is 4. The topological polar surface area (TPSA) is 38.7 Å². The molecular formula is C22H24BO3P. The molecule has 0 heterocycles. The molecule has 0 aliphatic carbocycles. The van der Waals surface area contributed by atoms with Gasteiger partial charge in [0.15, 0.2) is 0 Å². The zero-order chi connectivity index (χ0) is 17.9. The van der Waals surface area contributed by atoms with Crippen LogP contribution < -0.4 is 4.65 Å². The van der Waals surface area contributed by atoms with Gasteiger partial charge in [-0.15, -0.1) is 0 Å². The molecule has 138 valence electrons. The molecule has 5 heteroatoms. The van der Waals surface area contributed by atoms with Crippen molar-refractivity contribution in [3.63, 3.8) is 0 Å². The third kappa shape index (κ3) is 4.09. The van der Waals surface area contributed by atoms with Crippen LogP contribution in [0.15, 0.2) is 66.7 Å². The molecule has 0 fully saturated rings. The van der Waals surface area contributed by atoms with Crippen LogP contribution in [0.2, 0.25) is 0 Å². The Balaban J connectivity index is 0.00000210. The van der Waals surface area contributed by atoms with E-state index in [1.165, 1.54) is 10.8 Å². The number of fused-ring (bicyclic) bond motifs is 4. The highest BCUT2D eigenvalue weighted by molar-refractivity contribution is 6.92. The van der Waals surface area contributed by atoms with Crippen molar-refractivity contribution >= 4 is 49.5 Å². The SMILES string of the molecule is CCCCOB(O)Oc1cccc2ccc3cc4ccccc4cc3c12.P. The summed E-state index contributed by atoms with van der Waals surface area (Å²) in [5.41, 5.74) is 0. The van der Waals surface area contributed by atoms with Crippen molar-refractivity contribution in [1.29, 1.82) is 0 Å².